The van der Waals surface area contributed by atoms with Crippen LogP contribution in [0.2, 0.25) is 0 Å². The SMILES string of the molecule is Fc1cc(F)c2c(c1)[C@@H]1C=CC[C@H]1[C@H](c1ccccc1)N2. The molecule has 2 aliphatic rings. The molecule has 3 atom stereocenters. The summed E-state index contributed by atoms with van der Waals surface area (Å²) in [5.74, 6) is -0.632. The number of anilines is 1. The van der Waals surface area contributed by atoms with Crippen molar-refractivity contribution in [3.8, 4) is 0 Å². The van der Waals surface area contributed by atoms with Crippen LogP contribution in [0, 0.1) is 17.6 Å². The molecule has 0 aromatic heterocycles. The van der Waals surface area contributed by atoms with Crippen LogP contribution in [0.25, 0.3) is 0 Å². The largest absolute Gasteiger partial charge is 0.375 e. The predicted octanol–water partition coefficient (Wildman–Crippen LogP) is 4.79. The Hall–Kier alpha value is -2.16. The zero-order valence-electron chi connectivity index (χ0n) is 11.4. The third-order valence-electron chi connectivity index (χ3n) is 4.54. The smallest absolute Gasteiger partial charge is 0.149 e. The molecule has 1 N–H and O–H groups in total. The third kappa shape index (κ3) is 1.96. The summed E-state index contributed by atoms with van der Waals surface area (Å²) < 4.78 is 27.7. The molecule has 1 aliphatic carbocycles. The zero-order chi connectivity index (χ0) is 14.4. The van der Waals surface area contributed by atoms with Crippen molar-refractivity contribution in [2.75, 3.05) is 5.32 Å². The molecule has 106 valence electrons. The van der Waals surface area contributed by atoms with Crippen molar-refractivity contribution in [2.45, 2.75) is 18.4 Å². The van der Waals surface area contributed by atoms with E-state index < -0.39 is 11.6 Å². The van der Waals surface area contributed by atoms with E-state index in [9.17, 15) is 8.78 Å². The average molecular weight is 283 g/mol. The molecule has 21 heavy (non-hydrogen) atoms. The quantitative estimate of drug-likeness (QED) is 0.742. The van der Waals surface area contributed by atoms with E-state index in [4.69, 9.17) is 0 Å². The number of allylic oxidation sites excluding steroid dienone is 2. The lowest BCUT2D eigenvalue weighted by atomic mass is 9.77. The van der Waals surface area contributed by atoms with Crippen LogP contribution >= 0.6 is 0 Å². The van der Waals surface area contributed by atoms with E-state index in [-0.39, 0.29) is 12.0 Å². The molecule has 0 fully saturated rings. The van der Waals surface area contributed by atoms with Gasteiger partial charge in [-0.15, -0.1) is 0 Å². The van der Waals surface area contributed by atoms with Crippen molar-refractivity contribution < 1.29 is 8.78 Å². The van der Waals surface area contributed by atoms with Gasteiger partial charge in [-0.1, -0.05) is 42.5 Å². The molecule has 0 saturated carbocycles. The van der Waals surface area contributed by atoms with E-state index in [0.29, 0.717) is 11.6 Å². The summed E-state index contributed by atoms with van der Waals surface area (Å²) >= 11 is 0. The first-order valence-electron chi connectivity index (χ1n) is 7.21. The Kier molecular flexibility index (Phi) is 2.81. The molecule has 3 heteroatoms. The van der Waals surface area contributed by atoms with Gasteiger partial charge in [0.2, 0.25) is 0 Å². The molecular formula is C18H15F2N. The summed E-state index contributed by atoms with van der Waals surface area (Å²) in [7, 11) is 0. The van der Waals surface area contributed by atoms with E-state index >= 15 is 0 Å². The molecule has 2 aromatic rings. The van der Waals surface area contributed by atoms with Gasteiger partial charge in [0.1, 0.15) is 11.6 Å². The van der Waals surface area contributed by atoms with Gasteiger partial charge in [-0.05, 0) is 29.5 Å². The molecule has 0 spiro atoms. The van der Waals surface area contributed by atoms with Gasteiger partial charge >= 0.3 is 0 Å². The van der Waals surface area contributed by atoms with E-state index in [0.717, 1.165) is 23.6 Å². The fourth-order valence-corrected chi connectivity index (χ4v) is 3.61. The van der Waals surface area contributed by atoms with Gasteiger partial charge in [0.25, 0.3) is 0 Å². The zero-order valence-corrected chi connectivity index (χ0v) is 11.4. The molecule has 0 radical (unpaired) electrons. The van der Waals surface area contributed by atoms with Crippen LogP contribution in [0.5, 0.6) is 0 Å². The highest BCUT2D eigenvalue weighted by molar-refractivity contribution is 5.60. The minimum Gasteiger partial charge on any atom is -0.375 e. The van der Waals surface area contributed by atoms with Gasteiger partial charge in [0.05, 0.1) is 11.7 Å². The number of benzene rings is 2. The molecule has 0 amide bonds. The van der Waals surface area contributed by atoms with E-state index in [1.807, 2.05) is 18.2 Å². The van der Waals surface area contributed by atoms with Gasteiger partial charge in [-0.3, -0.25) is 0 Å². The highest BCUT2D eigenvalue weighted by Crippen LogP contribution is 2.50. The Morgan fingerprint density at radius 2 is 1.86 bits per heavy atom. The molecule has 0 unspecified atom stereocenters. The van der Waals surface area contributed by atoms with Crippen LogP contribution in [-0.4, -0.2) is 0 Å². The van der Waals surface area contributed by atoms with E-state index in [1.54, 1.807) is 0 Å². The van der Waals surface area contributed by atoms with Gasteiger partial charge in [-0.25, -0.2) is 8.78 Å². The lowest BCUT2D eigenvalue weighted by molar-refractivity contribution is 0.418. The maximum Gasteiger partial charge on any atom is 0.149 e. The number of nitrogens with one attached hydrogen (secondary N) is 1. The summed E-state index contributed by atoms with van der Waals surface area (Å²) in [6.45, 7) is 0. The summed E-state index contributed by atoms with van der Waals surface area (Å²) in [5, 5.41) is 3.30. The standard InChI is InChI=1S/C18H15F2N/c19-12-9-15-13-7-4-8-14(13)17(11-5-2-1-3-6-11)21-18(15)16(20)10-12/h1-7,9-10,13-14,17,21H,8H2/t13-,14-,17+/m1/s1. The van der Waals surface area contributed by atoms with Gasteiger partial charge in [0.15, 0.2) is 0 Å². The fourth-order valence-electron chi connectivity index (χ4n) is 3.61. The molecule has 4 rings (SSSR count). The predicted molar refractivity (Wildman–Crippen MR) is 79.2 cm³/mol. The lowest BCUT2D eigenvalue weighted by Gasteiger charge is -2.37. The Morgan fingerprint density at radius 1 is 1.05 bits per heavy atom. The maximum absolute atomic E-state index is 14.2. The Morgan fingerprint density at radius 3 is 2.67 bits per heavy atom. The monoisotopic (exact) mass is 283 g/mol. The first kappa shape index (κ1) is 12.6. The number of hydrogen-bond donors (Lipinski definition) is 1. The van der Waals surface area contributed by atoms with Crippen molar-refractivity contribution in [2.24, 2.45) is 5.92 Å². The highest BCUT2D eigenvalue weighted by Gasteiger charge is 2.39. The van der Waals surface area contributed by atoms with Crippen molar-refractivity contribution >= 4 is 5.69 Å². The third-order valence-corrected chi connectivity index (χ3v) is 4.54. The molecule has 1 nitrogen and oxygen atoms in total. The van der Waals surface area contributed by atoms with Crippen LogP contribution in [-0.2, 0) is 0 Å². The summed E-state index contributed by atoms with van der Waals surface area (Å²) in [6.07, 6.45) is 5.12. The van der Waals surface area contributed by atoms with Crippen LogP contribution in [0.1, 0.15) is 29.5 Å². The first-order chi connectivity index (χ1) is 10.2. The number of halogens is 2. The fraction of sp³-hybridized carbons (Fsp3) is 0.222. The van der Waals surface area contributed by atoms with Crippen molar-refractivity contribution in [1.29, 1.82) is 0 Å². The maximum atomic E-state index is 14.2. The molecule has 0 bridgehead atoms. The molecular weight excluding hydrogens is 268 g/mol. The Bertz CT molecular complexity index is 709. The molecule has 2 aromatic carbocycles. The topological polar surface area (TPSA) is 12.0 Å². The Labute approximate surface area is 122 Å². The number of fused-ring (bicyclic) bond motifs is 3. The van der Waals surface area contributed by atoms with Crippen molar-refractivity contribution in [3.05, 3.63) is 77.4 Å². The van der Waals surface area contributed by atoms with Gasteiger partial charge < -0.3 is 5.32 Å². The highest BCUT2D eigenvalue weighted by atomic mass is 19.1. The minimum absolute atomic E-state index is 0.0543. The van der Waals surface area contributed by atoms with Crippen LogP contribution in [0.4, 0.5) is 14.5 Å². The van der Waals surface area contributed by atoms with Crippen LogP contribution in [0.15, 0.2) is 54.6 Å². The second-order valence-electron chi connectivity index (χ2n) is 5.74. The Balaban J connectivity index is 1.84. The summed E-state index contributed by atoms with van der Waals surface area (Å²) in [5.41, 5.74) is 2.32. The number of rotatable bonds is 1. The molecule has 1 aliphatic heterocycles. The number of hydrogen-bond acceptors (Lipinski definition) is 1. The van der Waals surface area contributed by atoms with Gasteiger partial charge in [-0.2, -0.15) is 0 Å². The molecule has 0 saturated heterocycles. The summed E-state index contributed by atoms with van der Waals surface area (Å²) in [6, 6.07) is 12.5. The van der Waals surface area contributed by atoms with Crippen molar-refractivity contribution in [3.63, 3.8) is 0 Å². The van der Waals surface area contributed by atoms with Crippen LogP contribution < -0.4 is 5.32 Å². The molecule has 1 heterocycles. The lowest BCUT2D eigenvalue weighted by Crippen LogP contribution is -2.29. The first-order valence-corrected chi connectivity index (χ1v) is 7.21. The average Bonchev–Trinajstić information content (AvgIpc) is 2.97. The van der Waals surface area contributed by atoms with Crippen LogP contribution in [0.3, 0.4) is 0 Å². The van der Waals surface area contributed by atoms with E-state index in [1.165, 1.54) is 6.07 Å². The second-order valence-corrected chi connectivity index (χ2v) is 5.74. The summed E-state index contributed by atoms with van der Waals surface area (Å²) in [4.78, 5) is 0. The second kappa shape index (κ2) is 4.69. The van der Waals surface area contributed by atoms with Gasteiger partial charge in [0, 0.05) is 12.0 Å². The normalized spacial score (nSPS) is 26.1. The van der Waals surface area contributed by atoms with Crippen molar-refractivity contribution in [1.82, 2.24) is 0 Å². The minimum atomic E-state index is -0.510. The van der Waals surface area contributed by atoms with E-state index in [2.05, 4.69) is 29.6 Å².